The summed E-state index contributed by atoms with van der Waals surface area (Å²) in [6.07, 6.45) is 6.30. The van der Waals surface area contributed by atoms with E-state index in [0.29, 0.717) is 0 Å². The van der Waals surface area contributed by atoms with E-state index in [-0.39, 0.29) is 5.41 Å². The lowest BCUT2D eigenvalue weighted by molar-refractivity contribution is 0.652. The lowest BCUT2D eigenvalue weighted by Gasteiger charge is -2.23. The lowest BCUT2D eigenvalue weighted by atomic mass is 9.79. The predicted octanol–water partition coefficient (Wildman–Crippen LogP) is 7.42. The average Bonchev–Trinajstić information content (AvgIpc) is 3.10. The van der Waals surface area contributed by atoms with Crippen LogP contribution in [0.1, 0.15) is 45.7 Å². The van der Waals surface area contributed by atoms with Crippen LogP contribution in [0, 0.1) is 0 Å². The number of furan rings is 1. The zero-order valence-electron chi connectivity index (χ0n) is 15.8. The molecule has 4 rings (SSSR count). The van der Waals surface area contributed by atoms with Gasteiger partial charge < -0.3 is 4.42 Å². The first kappa shape index (κ1) is 17.3. The molecule has 0 saturated heterocycles. The van der Waals surface area contributed by atoms with Gasteiger partial charge in [-0.15, -0.1) is 0 Å². The maximum absolute atomic E-state index is 6.07. The summed E-state index contributed by atoms with van der Waals surface area (Å²) in [5, 5.41) is 2.43. The second-order valence-corrected chi connectivity index (χ2v) is 6.62. The Morgan fingerprint density at radius 3 is 2.40 bits per heavy atom. The summed E-state index contributed by atoms with van der Waals surface area (Å²) in [4.78, 5) is 0. The second kappa shape index (κ2) is 6.40. The molecule has 0 unspecified atom stereocenters. The van der Waals surface area contributed by atoms with Gasteiger partial charge in [-0.25, -0.2) is 0 Å². The van der Waals surface area contributed by atoms with Crippen LogP contribution in [-0.4, -0.2) is 0 Å². The Labute approximate surface area is 150 Å². The van der Waals surface area contributed by atoms with Gasteiger partial charge in [-0.05, 0) is 41.3 Å². The minimum Gasteiger partial charge on any atom is -0.456 e. The third-order valence-electron chi connectivity index (χ3n) is 4.96. The molecule has 0 saturated carbocycles. The molecule has 1 nitrogen and oxygen atoms in total. The quantitative estimate of drug-likeness (QED) is 0.476. The van der Waals surface area contributed by atoms with Crippen LogP contribution in [0.2, 0.25) is 0 Å². The van der Waals surface area contributed by atoms with Crippen molar-refractivity contribution in [3.8, 4) is 0 Å². The number of hydrogen-bond donors (Lipinski definition) is 0. The molecule has 0 bridgehead atoms. The largest absolute Gasteiger partial charge is 0.456 e. The van der Waals surface area contributed by atoms with Crippen molar-refractivity contribution < 1.29 is 4.42 Å². The predicted molar refractivity (Wildman–Crippen MR) is 110 cm³/mol. The highest BCUT2D eigenvalue weighted by Gasteiger charge is 2.37. The third kappa shape index (κ3) is 2.38. The van der Waals surface area contributed by atoms with Crippen molar-refractivity contribution in [3.63, 3.8) is 0 Å². The Balaban J connectivity index is 0.000000880. The Hall–Kier alpha value is -2.54. The molecule has 2 aromatic carbocycles. The molecule has 0 fully saturated rings. The number of hydrogen-bond acceptors (Lipinski definition) is 1. The monoisotopic (exact) mass is 330 g/mol. The fourth-order valence-corrected chi connectivity index (χ4v) is 3.99. The Morgan fingerprint density at radius 2 is 1.72 bits per heavy atom. The molecule has 0 amide bonds. The Bertz CT molecular complexity index is 1010. The van der Waals surface area contributed by atoms with Crippen molar-refractivity contribution in [3.05, 3.63) is 77.9 Å². The van der Waals surface area contributed by atoms with Crippen LogP contribution >= 0.6 is 0 Å². The maximum Gasteiger partial charge on any atom is 0.135 e. The van der Waals surface area contributed by atoms with Gasteiger partial charge in [-0.3, -0.25) is 0 Å². The van der Waals surface area contributed by atoms with Gasteiger partial charge in [0, 0.05) is 16.2 Å². The number of allylic oxidation sites excluding steroid dienone is 5. The van der Waals surface area contributed by atoms with Crippen LogP contribution in [0.15, 0.2) is 71.2 Å². The summed E-state index contributed by atoms with van der Waals surface area (Å²) in [6, 6.07) is 12.6. The molecule has 0 radical (unpaired) electrons. The van der Waals surface area contributed by atoms with Gasteiger partial charge in [-0.2, -0.15) is 0 Å². The molecule has 128 valence electrons. The summed E-state index contributed by atoms with van der Waals surface area (Å²) < 4.78 is 6.07. The molecule has 1 heterocycles. The molecule has 25 heavy (non-hydrogen) atoms. The number of fused-ring (bicyclic) bond motifs is 5. The summed E-state index contributed by atoms with van der Waals surface area (Å²) in [5.41, 5.74) is 7.02. The van der Waals surface area contributed by atoms with E-state index in [0.717, 1.165) is 11.2 Å². The van der Waals surface area contributed by atoms with Crippen molar-refractivity contribution in [2.24, 2.45) is 0 Å². The van der Waals surface area contributed by atoms with Crippen molar-refractivity contribution in [2.45, 2.75) is 40.0 Å². The topological polar surface area (TPSA) is 13.1 Å². The molecular formula is C24H26O. The van der Waals surface area contributed by atoms with Crippen LogP contribution in [0.3, 0.4) is 0 Å². The molecule has 0 N–H and O–H groups in total. The van der Waals surface area contributed by atoms with Crippen LogP contribution < -0.4 is 0 Å². The van der Waals surface area contributed by atoms with E-state index in [4.69, 9.17) is 4.42 Å². The molecule has 1 aliphatic rings. The van der Waals surface area contributed by atoms with E-state index in [2.05, 4.69) is 63.8 Å². The van der Waals surface area contributed by atoms with E-state index < -0.39 is 0 Å². The van der Waals surface area contributed by atoms with Crippen LogP contribution in [0.5, 0.6) is 0 Å². The number of para-hydroxylation sites is 1. The first-order chi connectivity index (χ1) is 12.1. The molecule has 0 spiro atoms. The van der Waals surface area contributed by atoms with Gasteiger partial charge in [0.2, 0.25) is 0 Å². The van der Waals surface area contributed by atoms with E-state index in [1.54, 1.807) is 0 Å². The Kier molecular flexibility index (Phi) is 4.43. The van der Waals surface area contributed by atoms with E-state index in [9.17, 15) is 0 Å². The van der Waals surface area contributed by atoms with Gasteiger partial charge in [0.25, 0.3) is 0 Å². The maximum atomic E-state index is 6.07. The molecular weight excluding hydrogens is 304 g/mol. The molecule has 1 aromatic heterocycles. The van der Waals surface area contributed by atoms with E-state index in [1.807, 2.05) is 32.1 Å². The zero-order valence-corrected chi connectivity index (χ0v) is 15.8. The van der Waals surface area contributed by atoms with Crippen molar-refractivity contribution in [2.75, 3.05) is 0 Å². The van der Waals surface area contributed by atoms with Crippen molar-refractivity contribution in [1.82, 2.24) is 0 Å². The highest BCUT2D eigenvalue weighted by atomic mass is 16.3. The van der Waals surface area contributed by atoms with Gasteiger partial charge in [-0.1, -0.05) is 76.8 Å². The van der Waals surface area contributed by atoms with Crippen LogP contribution in [0.4, 0.5) is 0 Å². The van der Waals surface area contributed by atoms with Crippen LogP contribution in [-0.2, 0) is 5.41 Å². The van der Waals surface area contributed by atoms with Crippen molar-refractivity contribution in [1.29, 1.82) is 0 Å². The fourth-order valence-electron chi connectivity index (χ4n) is 3.99. The highest BCUT2D eigenvalue weighted by molar-refractivity contribution is 6.10. The molecule has 3 aromatic rings. The molecule has 1 heteroatoms. The fraction of sp³-hybridized carbons (Fsp3) is 0.250. The highest BCUT2D eigenvalue weighted by Crippen LogP contribution is 2.51. The van der Waals surface area contributed by atoms with Gasteiger partial charge in [0.1, 0.15) is 11.2 Å². The SMILES string of the molecule is C=CC1=C(/C=C\C)C(C)(C)c2c1ccc1oc3ccccc3c21.CC. The molecule has 1 aliphatic carbocycles. The lowest BCUT2D eigenvalue weighted by Crippen LogP contribution is -2.16. The number of benzene rings is 2. The minimum absolute atomic E-state index is 0.0719. The summed E-state index contributed by atoms with van der Waals surface area (Å²) in [6.45, 7) is 14.7. The van der Waals surface area contributed by atoms with Crippen LogP contribution in [0.25, 0.3) is 27.5 Å². The van der Waals surface area contributed by atoms with E-state index >= 15 is 0 Å². The zero-order chi connectivity index (χ0) is 18.2. The van der Waals surface area contributed by atoms with E-state index in [1.165, 1.54) is 33.0 Å². The minimum atomic E-state index is -0.0719. The van der Waals surface area contributed by atoms with Crippen molar-refractivity contribution >= 4 is 27.5 Å². The average molecular weight is 330 g/mol. The van der Waals surface area contributed by atoms with Gasteiger partial charge in [0.05, 0.1) is 0 Å². The third-order valence-corrected chi connectivity index (χ3v) is 4.96. The first-order valence-corrected chi connectivity index (χ1v) is 9.04. The summed E-state index contributed by atoms with van der Waals surface area (Å²) >= 11 is 0. The van der Waals surface area contributed by atoms with Gasteiger partial charge >= 0.3 is 0 Å². The molecule has 0 aliphatic heterocycles. The summed E-state index contributed by atoms with van der Waals surface area (Å²) in [5.74, 6) is 0. The normalized spacial score (nSPS) is 15.6. The summed E-state index contributed by atoms with van der Waals surface area (Å²) in [7, 11) is 0. The standard InChI is InChI=1S/C22H20O.C2H6/c1-5-9-17-14(6-2)15-12-13-19-20(21(15)22(17,3)4)16-10-7-8-11-18(16)23-19;1-2/h5-13H,2H2,1,3-4H3;1-2H3/b9-5-;. The first-order valence-electron chi connectivity index (χ1n) is 9.04. The van der Waals surface area contributed by atoms with Gasteiger partial charge in [0.15, 0.2) is 0 Å². The second-order valence-electron chi connectivity index (χ2n) is 6.62. The Morgan fingerprint density at radius 1 is 1.00 bits per heavy atom. The number of rotatable bonds is 2. The molecule has 0 atom stereocenters. The smallest absolute Gasteiger partial charge is 0.135 e.